The van der Waals surface area contributed by atoms with Crippen LogP contribution in [-0.4, -0.2) is 38.9 Å². The Morgan fingerprint density at radius 1 is 1.46 bits per heavy atom. The number of carboxylic acid groups (broad SMARTS) is 1. The number of phenolic OH excluding ortho intramolecular Hbond substituents is 1. The number of carbonyl (C=O) groups is 1. The van der Waals surface area contributed by atoms with Crippen LogP contribution in [0, 0.1) is 5.82 Å². The van der Waals surface area contributed by atoms with Crippen molar-refractivity contribution in [3.8, 4) is 5.75 Å². The fourth-order valence-electron chi connectivity index (χ4n) is 2.86. The van der Waals surface area contributed by atoms with Gasteiger partial charge < -0.3 is 20.2 Å². The van der Waals surface area contributed by atoms with Crippen molar-refractivity contribution < 1.29 is 24.5 Å². The SMILES string of the molecule is CC1N(c2ncc(C(=O)O)cc2F)CC1(O)c1ccc(O)cc1Cl. The van der Waals surface area contributed by atoms with E-state index in [1.165, 1.54) is 23.1 Å². The first-order chi connectivity index (χ1) is 11.2. The topological polar surface area (TPSA) is 93.9 Å². The van der Waals surface area contributed by atoms with E-state index in [1.807, 2.05) is 0 Å². The molecule has 0 spiro atoms. The highest BCUT2D eigenvalue weighted by Crippen LogP contribution is 2.44. The van der Waals surface area contributed by atoms with E-state index in [9.17, 15) is 19.4 Å². The number of β-amino-alcohol motifs (C(OH)–C–C–N with tert-alkyl or cyclic N) is 1. The monoisotopic (exact) mass is 352 g/mol. The van der Waals surface area contributed by atoms with Gasteiger partial charge in [0.05, 0.1) is 23.2 Å². The van der Waals surface area contributed by atoms with Crippen LogP contribution in [0.15, 0.2) is 30.5 Å². The van der Waals surface area contributed by atoms with Crippen LogP contribution in [0.3, 0.4) is 0 Å². The summed E-state index contributed by atoms with van der Waals surface area (Å²) in [5.74, 6) is -2.10. The Morgan fingerprint density at radius 2 is 2.17 bits per heavy atom. The molecule has 2 aromatic rings. The summed E-state index contributed by atoms with van der Waals surface area (Å²) in [6.07, 6.45) is 1.07. The Morgan fingerprint density at radius 3 is 2.71 bits per heavy atom. The maximum absolute atomic E-state index is 14.1. The minimum atomic E-state index is -1.33. The molecule has 2 unspecified atom stereocenters. The number of carboxylic acids is 1. The molecule has 1 aromatic carbocycles. The van der Waals surface area contributed by atoms with Gasteiger partial charge in [-0.05, 0) is 25.1 Å². The molecule has 1 saturated heterocycles. The van der Waals surface area contributed by atoms with Crippen molar-refractivity contribution in [1.82, 2.24) is 4.98 Å². The van der Waals surface area contributed by atoms with Gasteiger partial charge in [0.1, 0.15) is 11.4 Å². The highest BCUT2D eigenvalue weighted by Gasteiger charge is 2.52. The maximum Gasteiger partial charge on any atom is 0.337 e. The van der Waals surface area contributed by atoms with E-state index >= 15 is 0 Å². The van der Waals surface area contributed by atoms with Crippen molar-refractivity contribution in [2.24, 2.45) is 0 Å². The van der Waals surface area contributed by atoms with E-state index in [2.05, 4.69) is 4.98 Å². The lowest BCUT2D eigenvalue weighted by atomic mass is 9.78. The molecule has 1 fully saturated rings. The van der Waals surface area contributed by atoms with E-state index in [4.69, 9.17) is 16.7 Å². The third kappa shape index (κ3) is 2.46. The van der Waals surface area contributed by atoms with E-state index in [-0.39, 0.29) is 28.7 Å². The zero-order chi connectivity index (χ0) is 17.6. The molecule has 0 bridgehead atoms. The summed E-state index contributed by atoms with van der Waals surface area (Å²) in [5, 5.41) is 29.3. The lowest BCUT2D eigenvalue weighted by Crippen LogP contribution is -2.67. The van der Waals surface area contributed by atoms with Crippen molar-refractivity contribution in [2.45, 2.75) is 18.6 Å². The molecule has 3 N–H and O–H groups in total. The molecule has 2 heterocycles. The van der Waals surface area contributed by atoms with Gasteiger partial charge >= 0.3 is 5.97 Å². The molecule has 0 aliphatic carbocycles. The predicted molar refractivity (Wildman–Crippen MR) is 85.0 cm³/mol. The smallest absolute Gasteiger partial charge is 0.337 e. The van der Waals surface area contributed by atoms with Gasteiger partial charge in [0.15, 0.2) is 11.6 Å². The van der Waals surface area contributed by atoms with E-state index in [1.54, 1.807) is 6.92 Å². The van der Waals surface area contributed by atoms with Gasteiger partial charge in [-0.1, -0.05) is 17.7 Å². The number of nitrogens with zero attached hydrogens (tertiary/aromatic N) is 2. The molecule has 0 saturated carbocycles. The Kier molecular flexibility index (Phi) is 3.85. The lowest BCUT2D eigenvalue weighted by Gasteiger charge is -2.54. The molecule has 0 amide bonds. The number of aromatic hydroxyl groups is 1. The molecule has 1 aliphatic heterocycles. The summed E-state index contributed by atoms with van der Waals surface area (Å²) in [5.41, 5.74) is -1.15. The van der Waals surface area contributed by atoms with E-state index in [0.29, 0.717) is 5.56 Å². The van der Waals surface area contributed by atoms with Crippen LogP contribution in [-0.2, 0) is 5.60 Å². The van der Waals surface area contributed by atoms with Crippen molar-refractivity contribution in [3.05, 3.63) is 52.4 Å². The number of halogens is 2. The number of aliphatic hydroxyl groups is 1. The lowest BCUT2D eigenvalue weighted by molar-refractivity contribution is -0.0322. The maximum atomic E-state index is 14.1. The number of rotatable bonds is 3. The number of aromatic nitrogens is 1. The summed E-state index contributed by atoms with van der Waals surface area (Å²) in [6.45, 7) is 1.72. The molecule has 1 aromatic heterocycles. The Balaban J connectivity index is 1.89. The molecular formula is C16H14ClFN2O4. The molecule has 8 heteroatoms. The number of aromatic carboxylic acids is 1. The zero-order valence-electron chi connectivity index (χ0n) is 12.6. The third-order valence-corrected chi connectivity index (χ3v) is 4.64. The summed E-state index contributed by atoms with van der Waals surface area (Å²) in [7, 11) is 0. The van der Waals surface area contributed by atoms with Crippen molar-refractivity contribution >= 4 is 23.4 Å². The van der Waals surface area contributed by atoms with E-state index < -0.39 is 23.4 Å². The number of phenols is 1. The van der Waals surface area contributed by atoms with Crippen LogP contribution < -0.4 is 4.90 Å². The van der Waals surface area contributed by atoms with Crippen LogP contribution >= 0.6 is 11.6 Å². The predicted octanol–water partition coefficient (Wildman–Crippen LogP) is 2.37. The van der Waals surface area contributed by atoms with Crippen LogP contribution in [0.2, 0.25) is 5.02 Å². The summed E-state index contributed by atoms with van der Waals surface area (Å²) < 4.78 is 14.1. The second-order valence-electron chi connectivity index (χ2n) is 5.73. The number of anilines is 1. The van der Waals surface area contributed by atoms with Gasteiger partial charge in [0, 0.05) is 11.8 Å². The average molecular weight is 353 g/mol. The fourth-order valence-corrected chi connectivity index (χ4v) is 3.20. The number of pyridine rings is 1. The van der Waals surface area contributed by atoms with Gasteiger partial charge in [-0.25, -0.2) is 14.2 Å². The second-order valence-corrected chi connectivity index (χ2v) is 6.13. The molecule has 6 nitrogen and oxygen atoms in total. The van der Waals surface area contributed by atoms with Gasteiger partial charge in [-0.3, -0.25) is 0 Å². The van der Waals surface area contributed by atoms with Crippen LogP contribution in [0.4, 0.5) is 10.2 Å². The van der Waals surface area contributed by atoms with Gasteiger partial charge in [0.2, 0.25) is 0 Å². The molecule has 24 heavy (non-hydrogen) atoms. The van der Waals surface area contributed by atoms with Crippen molar-refractivity contribution in [2.75, 3.05) is 11.4 Å². The minimum Gasteiger partial charge on any atom is -0.508 e. The summed E-state index contributed by atoms with van der Waals surface area (Å²) in [6, 6.07) is 4.60. The normalized spacial score (nSPS) is 23.0. The highest BCUT2D eigenvalue weighted by atomic mass is 35.5. The van der Waals surface area contributed by atoms with Crippen molar-refractivity contribution in [3.63, 3.8) is 0 Å². The number of benzene rings is 1. The summed E-state index contributed by atoms with van der Waals surface area (Å²) in [4.78, 5) is 16.2. The largest absolute Gasteiger partial charge is 0.508 e. The summed E-state index contributed by atoms with van der Waals surface area (Å²) >= 11 is 6.08. The molecular weight excluding hydrogens is 339 g/mol. The van der Waals surface area contributed by atoms with Crippen molar-refractivity contribution in [1.29, 1.82) is 0 Å². The Bertz CT molecular complexity index is 832. The standard InChI is InChI=1S/C16H14ClFN2O4/c1-8-16(24,11-3-2-10(21)5-12(11)17)7-20(8)14-13(18)4-9(6-19-14)15(22)23/h2-6,8,21,24H,7H2,1H3,(H,22,23). The Hall–Kier alpha value is -2.38. The molecule has 2 atom stereocenters. The fraction of sp³-hybridized carbons (Fsp3) is 0.250. The number of hydrogen-bond acceptors (Lipinski definition) is 5. The molecule has 0 radical (unpaired) electrons. The minimum absolute atomic E-state index is 0.0202. The van der Waals surface area contributed by atoms with Gasteiger partial charge in [-0.15, -0.1) is 0 Å². The van der Waals surface area contributed by atoms with Crippen LogP contribution in [0.25, 0.3) is 0 Å². The second kappa shape index (κ2) is 5.61. The molecule has 126 valence electrons. The van der Waals surface area contributed by atoms with E-state index in [0.717, 1.165) is 12.3 Å². The first kappa shape index (κ1) is 16.5. The van der Waals surface area contributed by atoms with Crippen LogP contribution in [0.5, 0.6) is 5.75 Å². The highest BCUT2D eigenvalue weighted by molar-refractivity contribution is 6.31. The third-order valence-electron chi connectivity index (χ3n) is 4.33. The van der Waals surface area contributed by atoms with Gasteiger partial charge in [0.25, 0.3) is 0 Å². The van der Waals surface area contributed by atoms with Gasteiger partial charge in [-0.2, -0.15) is 0 Å². The molecule has 3 rings (SSSR count). The number of hydrogen-bond donors (Lipinski definition) is 3. The average Bonchev–Trinajstić information content (AvgIpc) is 2.52. The van der Waals surface area contributed by atoms with Crippen LogP contribution in [0.1, 0.15) is 22.8 Å². The molecule has 1 aliphatic rings. The quantitative estimate of drug-likeness (QED) is 0.785. The zero-order valence-corrected chi connectivity index (χ0v) is 13.3. The first-order valence-electron chi connectivity index (χ1n) is 7.11. The Labute approximate surface area is 141 Å². The first-order valence-corrected chi connectivity index (χ1v) is 7.48.